The highest BCUT2D eigenvalue weighted by Crippen LogP contribution is 2.38. The first kappa shape index (κ1) is 14.4. The van der Waals surface area contributed by atoms with E-state index in [0.717, 1.165) is 5.92 Å². The van der Waals surface area contributed by atoms with E-state index in [2.05, 4.69) is 68.6 Å². The third kappa shape index (κ3) is 3.07. The van der Waals surface area contributed by atoms with Gasteiger partial charge in [-0.1, -0.05) is 50.3 Å². The molecule has 1 aromatic rings. The Hall–Kier alpha value is -1.50. The summed E-state index contributed by atoms with van der Waals surface area (Å²) in [5, 5.41) is 3.68. The molecule has 4 unspecified atom stereocenters. The van der Waals surface area contributed by atoms with E-state index in [0.29, 0.717) is 17.9 Å². The topological polar surface area (TPSA) is 12.0 Å². The van der Waals surface area contributed by atoms with Gasteiger partial charge in [-0.2, -0.15) is 0 Å². The van der Waals surface area contributed by atoms with Crippen molar-refractivity contribution in [2.75, 3.05) is 0 Å². The largest absolute Gasteiger partial charge is 0.382 e. The van der Waals surface area contributed by atoms with Gasteiger partial charge < -0.3 is 5.32 Å². The molecule has 0 fully saturated rings. The summed E-state index contributed by atoms with van der Waals surface area (Å²) >= 11 is 0. The van der Waals surface area contributed by atoms with E-state index in [-0.39, 0.29) is 0 Å². The van der Waals surface area contributed by atoms with E-state index in [1.165, 1.54) is 30.5 Å². The monoisotopic (exact) mass is 281 g/mol. The van der Waals surface area contributed by atoms with Gasteiger partial charge in [0.2, 0.25) is 0 Å². The van der Waals surface area contributed by atoms with Crippen LogP contribution in [-0.2, 0) is 0 Å². The summed E-state index contributed by atoms with van der Waals surface area (Å²) in [5.74, 6) is 2.07. The van der Waals surface area contributed by atoms with Crippen molar-refractivity contribution in [3.05, 3.63) is 59.3 Å². The van der Waals surface area contributed by atoms with Crippen LogP contribution in [0.1, 0.15) is 51.5 Å². The van der Waals surface area contributed by atoms with Crippen LogP contribution in [0.3, 0.4) is 0 Å². The second kappa shape index (κ2) is 6.09. The molecule has 0 bridgehead atoms. The Labute approximate surface area is 129 Å². The molecule has 1 heteroatoms. The third-order valence-corrected chi connectivity index (χ3v) is 5.19. The molecule has 0 saturated carbocycles. The van der Waals surface area contributed by atoms with Gasteiger partial charge in [0.15, 0.2) is 0 Å². The minimum Gasteiger partial charge on any atom is -0.382 e. The zero-order chi connectivity index (χ0) is 14.8. The lowest BCUT2D eigenvalue weighted by molar-refractivity contribution is 0.426. The molecule has 0 saturated heterocycles. The average Bonchev–Trinajstić information content (AvgIpc) is 2.80. The molecule has 1 aliphatic carbocycles. The Morgan fingerprint density at radius 2 is 1.95 bits per heavy atom. The first-order valence-electron chi connectivity index (χ1n) is 8.38. The van der Waals surface area contributed by atoms with E-state index in [9.17, 15) is 0 Å². The van der Waals surface area contributed by atoms with Crippen LogP contribution in [0.2, 0.25) is 0 Å². The second-order valence-corrected chi connectivity index (χ2v) is 6.91. The van der Waals surface area contributed by atoms with E-state index in [1.807, 2.05) is 0 Å². The maximum absolute atomic E-state index is 3.68. The third-order valence-electron chi connectivity index (χ3n) is 5.19. The van der Waals surface area contributed by atoms with E-state index in [4.69, 9.17) is 0 Å². The molecule has 2 aliphatic rings. The molecule has 21 heavy (non-hydrogen) atoms. The van der Waals surface area contributed by atoms with Crippen LogP contribution in [0, 0.1) is 11.8 Å². The van der Waals surface area contributed by atoms with Gasteiger partial charge >= 0.3 is 0 Å². The number of allylic oxidation sites excluding steroid dienone is 2. The van der Waals surface area contributed by atoms with Crippen molar-refractivity contribution in [1.82, 2.24) is 5.32 Å². The van der Waals surface area contributed by atoms with Crippen molar-refractivity contribution in [2.45, 2.75) is 52.0 Å². The predicted molar refractivity (Wildman–Crippen MR) is 90.1 cm³/mol. The molecule has 112 valence electrons. The SMILES string of the molecule is CC1C=CC2=C(C1)C(CCC(C)c1ccccc1)C(C)N2. The molecule has 0 amide bonds. The van der Waals surface area contributed by atoms with Crippen molar-refractivity contribution in [1.29, 1.82) is 0 Å². The summed E-state index contributed by atoms with van der Waals surface area (Å²) in [5.41, 5.74) is 4.57. The molecular formula is C20H27N. The molecule has 1 N–H and O–H groups in total. The fraction of sp³-hybridized carbons (Fsp3) is 0.500. The minimum absolute atomic E-state index is 0.591. The summed E-state index contributed by atoms with van der Waals surface area (Å²) in [6.07, 6.45) is 8.46. The zero-order valence-electron chi connectivity index (χ0n) is 13.5. The second-order valence-electron chi connectivity index (χ2n) is 6.91. The normalized spacial score (nSPS) is 29.2. The van der Waals surface area contributed by atoms with Crippen LogP contribution < -0.4 is 5.32 Å². The summed E-state index contributed by atoms with van der Waals surface area (Å²) in [6, 6.07) is 11.5. The lowest BCUT2D eigenvalue weighted by Gasteiger charge is -2.23. The minimum atomic E-state index is 0.591. The molecule has 4 atom stereocenters. The maximum atomic E-state index is 3.68. The lowest BCUT2D eigenvalue weighted by atomic mass is 9.81. The van der Waals surface area contributed by atoms with Crippen LogP contribution in [0.4, 0.5) is 0 Å². The Kier molecular flexibility index (Phi) is 4.19. The highest BCUT2D eigenvalue weighted by molar-refractivity contribution is 5.36. The summed E-state index contributed by atoms with van der Waals surface area (Å²) < 4.78 is 0. The number of hydrogen-bond acceptors (Lipinski definition) is 1. The molecule has 1 heterocycles. The first-order chi connectivity index (χ1) is 10.1. The highest BCUT2D eigenvalue weighted by atomic mass is 15.0. The van der Waals surface area contributed by atoms with Crippen LogP contribution >= 0.6 is 0 Å². The van der Waals surface area contributed by atoms with Gasteiger partial charge in [-0.3, -0.25) is 0 Å². The first-order valence-corrected chi connectivity index (χ1v) is 8.38. The van der Waals surface area contributed by atoms with Crippen molar-refractivity contribution < 1.29 is 0 Å². The van der Waals surface area contributed by atoms with Crippen molar-refractivity contribution in [3.63, 3.8) is 0 Å². The lowest BCUT2D eigenvalue weighted by Crippen LogP contribution is -2.25. The molecule has 1 aromatic carbocycles. The average molecular weight is 281 g/mol. The number of hydrogen-bond donors (Lipinski definition) is 1. The van der Waals surface area contributed by atoms with Crippen LogP contribution in [0.5, 0.6) is 0 Å². The van der Waals surface area contributed by atoms with Gasteiger partial charge in [0, 0.05) is 17.7 Å². The molecule has 1 aliphatic heterocycles. The van der Waals surface area contributed by atoms with Crippen molar-refractivity contribution >= 4 is 0 Å². The predicted octanol–water partition coefficient (Wildman–Crippen LogP) is 5.03. The molecule has 0 radical (unpaired) electrons. The highest BCUT2D eigenvalue weighted by Gasteiger charge is 2.32. The van der Waals surface area contributed by atoms with Gasteiger partial charge in [0.25, 0.3) is 0 Å². The number of rotatable bonds is 4. The van der Waals surface area contributed by atoms with Crippen LogP contribution in [-0.4, -0.2) is 6.04 Å². The summed E-state index contributed by atoms with van der Waals surface area (Å²) in [4.78, 5) is 0. The Morgan fingerprint density at radius 1 is 1.19 bits per heavy atom. The standard InChI is InChI=1S/C20H27N/c1-14-9-12-20-19(13-14)18(16(3)21-20)11-10-15(2)17-7-5-4-6-8-17/h4-9,12,14-16,18,21H,10-11,13H2,1-3H3. The number of nitrogens with one attached hydrogen (secondary N) is 1. The molecule has 0 aromatic heterocycles. The fourth-order valence-electron chi connectivity index (χ4n) is 3.83. The summed E-state index contributed by atoms with van der Waals surface area (Å²) in [6.45, 7) is 7.03. The van der Waals surface area contributed by atoms with Crippen LogP contribution in [0.15, 0.2) is 53.8 Å². The molecule has 0 spiro atoms. The molecule has 3 rings (SSSR count). The smallest absolute Gasteiger partial charge is 0.0335 e. The van der Waals surface area contributed by atoms with Gasteiger partial charge in [-0.25, -0.2) is 0 Å². The zero-order valence-corrected chi connectivity index (χ0v) is 13.5. The summed E-state index contributed by atoms with van der Waals surface area (Å²) in [7, 11) is 0. The van der Waals surface area contributed by atoms with E-state index < -0.39 is 0 Å². The van der Waals surface area contributed by atoms with Crippen LogP contribution in [0.25, 0.3) is 0 Å². The van der Waals surface area contributed by atoms with E-state index in [1.54, 1.807) is 5.57 Å². The fourth-order valence-corrected chi connectivity index (χ4v) is 3.83. The Balaban J connectivity index is 1.65. The van der Waals surface area contributed by atoms with Gasteiger partial charge in [-0.15, -0.1) is 0 Å². The van der Waals surface area contributed by atoms with Gasteiger partial charge in [-0.05, 0) is 55.2 Å². The van der Waals surface area contributed by atoms with Gasteiger partial charge in [0.1, 0.15) is 0 Å². The Bertz CT molecular complexity index is 540. The maximum Gasteiger partial charge on any atom is 0.0335 e. The van der Waals surface area contributed by atoms with Crippen molar-refractivity contribution in [2.24, 2.45) is 11.8 Å². The van der Waals surface area contributed by atoms with E-state index >= 15 is 0 Å². The number of benzene rings is 1. The molecular weight excluding hydrogens is 254 g/mol. The quantitative estimate of drug-likeness (QED) is 0.816. The van der Waals surface area contributed by atoms with Gasteiger partial charge in [0.05, 0.1) is 0 Å². The Morgan fingerprint density at radius 3 is 2.71 bits per heavy atom. The van der Waals surface area contributed by atoms with Crippen molar-refractivity contribution in [3.8, 4) is 0 Å². The molecule has 1 nitrogen and oxygen atoms in total.